The molecule has 1 saturated carbocycles. The first-order valence-electron chi connectivity index (χ1n) is 6.43. The minimum Gasteiger partial charge on any atom is -0.376 e. The van der Waals surface area contributed by atoms with Gasteiger partial charge in [0, 0.05) is 6.61 Å². The standard InChI is InChI=1S/C13H26N2O/c1-4-16-13(12(15-14)10(2)3)11-8-6-5-7-9-11/h11-13,15H,2,4-9,14H2,1,3H3. The summed E-state index contributed by atoms with van der Waals surface area (Å²) in [5.41, 5.74) is 3.92. The van der Waals surface area contributed by atoms with Crippen LogP contribution in [0.2, 0.25) is 0 Å². The molecule has 0 heterocycles. The molecule has 0 saturated heterocycles. The Morgan fingerprint density at radius 3 is 2.50 bits per heavy atom. The zero-order chi connectivity index (χ0) is 12.0. The quantitative estimate of drug-likeness (QED) is 0.415. The number of nitrogens with two attached hydrogens (primary N) is 1. The molecule has 1 aliphatic carbocycles. The molecule has 1 fully saturated rings. The van der Waals surface area contributed by atoms with Gasteiger partial charge in [-0.3, -0.25) is 11.3 Å². The number of hydrogen-bond acceptors (Lipinski definition) is 3. The van der Waals surface area contributed by atoms with Gasteiger partial charge < -0.3 is 4.74 Å². The van der Waals surface area contributed by atoms with Crippen LogP contribution in [-0.4, -0.2) is 18.8 Å². The third-order valence-corrected chi connectivity index (χ3v) is 3.51. The first kappa shape index (κ1) is 13.7. The lowest BCUT2D eigenvalue weighted by Crippen LogP contribution is -2.49. The lowest BCUT2D eigenvalue weighted by atomic mass is 9.81. The van der Waals surface area contributed by atoms with Crippen LogP contribution in [0.4, 0.5) is 0 Å². The third kappa shape index (κ3) is 3.58. The molecular formula is C13H26N2O. The van der Waals surface area contributed by atoms with Crippen molar-refractivity contribution in [3.8, 4) is 0 Å². The van der Waals surface area contributed by atoms with E-state index in [0.717, 1.165) is 12.2 Å². The Hall–Kier alpha value is -0.380. The first-order valence-corrected chi connectivity index (χ1v) is 6.43. The number of rotatable bonds is 6. The van der Waals surface area contributed by atoms with E-state index in [4.69, 9.17) is 10.6 Å². The number of hydrazine groups is 1. The molecule has 0 spiro atoms. The summed E-state index contributed by atoms with van der Waals surface area (Å²) in [4.78, 5) is 0. The fourth-order valence-electron chi connectivity index (χ4n) is 2.68. The summed E-state index contributed by atoms with van der Waals surface area (Å²) in [6.07, 6.45) is 6.71. The molecule has 0 aromatic carbocycles. The second-order valence-corrected chi connectivity index (χ2v) is 4.81. The van der Waals surface area contributed by atoms with Gasteiger partial charge in [-0.1, -0.05) is 31.4 Å². The number of ether oxygens (including phenoxy) is 1. The molecule has 0 aliphatic heterocycles. The maximum absolute atomic E-state index is 5.89. The Labute approximate surface area is 99.4 Å². The Morgan fingerprint density at radius 1 is 1.44 bits per heavy atom. The van der Waals surface area contributed by atoms with Crippen molar-refractivity contribution < 1.29 is 4.74 Å². The summed E-state index contributed by atoms with van der Waals surface area (Å²) >= 11 is 0. The van der Waals surface area contributed by atoms with Crippen molar-refractivity contribution in [1.29, 1.82) is 0 Å². The minimum atomic E-state index is 0.0862. The van der Waals surface area contributed by atoms with Crippen molar-refractivity contribution in [2.45, 2.75) is 58.1 Å². The molecule has 3 N–H and O–H groups in total. The van der Waals surface area contributed by atoms with E-state index in [2.05, 4.69) is 12.0 Å². The summed E-state index contributed by atoms with van der Waals surface area (Å²) in [5, 5.41) is 0. The molecule has 0 bridgehead atoms. The predicted octanol–water partition coefficient (Wildman–Crippen LogP) is 2.38. The van der Waals surface area contributed by atoms with Gasteiger partial charge in [-0.25, -0.2) is 0 Å². The van der Waals surface area contributed by atoms with Gasteiger partial charge in [0.2, 0.25) is 0 Å². The van der Waals surface area contributed by atoms with Crippen LogP contribution in [-0.2, 0) is 4.74 Å². The molecule has 1 rings (SSSR count). The molecule has 0 radical (unpaired) electrons. The van der Waals surface area contributed by atoms with E-state index >= 15 is 0 Å². The summed E-state index contributed by atoms with van der Waals surface area (Å²) < 4.78 is 5.89. The fourth-order valence-corrected chi connectivity index (χ4v) is 2.68. The smallest absolute Gasteiger partial charge is 0.0807 e. The normalized spacial score (nSPS) is 21.7. The van der Waals surface area contributed by atoms with Crippen molar-refractivity contribution in [3.63, 3.8) is 0 Å². The zero-order valence-corrected chi connectivity index (χ0v) is 10.7. The molecule has 2 unspecified atom stereocenters. The molecule has 0 amide bonds. The van der Waals surface area contributed by atoms with Gasteiger partial charge in [-0.15, -0.1) is 0 Å². The van der Waals surface area contributed by atoms with E-state index in [1.807, 2.05) is 13.8 Å². The highest BCUT2D eigenvalue weighted by molar-refractivity contribution is 5.06. The highest BCUT2D eigenvalue weighted by atomic mass is 16.5. The largest absolute Gasteiger partial charge is 0.376 e. The van der Waals surface area contributed by atoms with Crippen LogP contribution in [0.5, 0.6) is 0 Å². The molecule has 94 valence electrons. The highest BCUT2D eigenvalue weighted by Gasteiger charge is 2.30. The van der Waals surface area contributed by atoms with E-state index in [1.165, 1.54) is 32.1 Å². The van der Waals surface area contributed by atoms with Gasteiger partial charge in [-0.05, 0) is 32.6 Å². The van der Waals surface area contributed by atoms with E-state index in [1.54, 1.807) is 0 Å². The van der Waals surface area contributed by atoms with Crippen molar-refractivity contribution in [2.24, 2.45) is 11.8 Å². The SMILES string of the molecule is C=C(C)C(NN)C(OCC)C1CCCCC1. The van der Waals surface area contributed by atoms with E-state index in [9.17, 15) is 0 Å². The first-order chi connectivity index (χ1) is 7.70. The minimum absolute atomic E-state index is 0.0862. The summed E-state index contributed by atoms with van der Waals surface area (Å²) in [6, 6.07) is 0.0862. The van der Waals surface area contributed by atoms with Gasteiger partial charge >= 0.3 is 0 Å². The molecule has 1 aliphatic rings. The zero-order valence-electron chi connectivity index (χ0n) is 10.7. The maximum atomic E-state index is 5.89. The van der Waals surface area contributed by atoms with Gasteiger partial charge in [0.25, 0.3) is 0 Å². The van der Waals surface area contributed by atoms with Crippen molar-refractivity contribution >= 4 is 0 Å². The van der Waals surface area contributed by atoms with Crippen LogP contribution in [0.15, 0.2) is 12.2 Å². The second-order valence-electron chi connectivity index (χ2n) is 4.81. The van der Waals surface area contributed by atoms with Crippen molar-refractivity contribution in [2.75, 3.05) is 6.61 Å². The average Bonchev–Trinajstić information content (AvgIpc) is 2.29. The predicted molar refractivity (Wildman–Crippen MR) is 67.9 cm³/mol. The van der Waals surface area contributed by atoms with E-state index in [0.29, 0.717) is 5.92 Å². The summed E-state index contributed by atoms with van der Waals surface area (Å²) in [7, 11) is 0. The van der Waals surface area contributed by atoms with Crippen LogP contribution in [0, 0.1) is 5.92 Å². The summed E-state index contributed by atoms with van der Waals surface area (Å²) in [6.45, 7) is 8.80. The van der Waals surface area contributed by atoms with Crippen molar-refractivity contribution in [3.05, 3.63) is 12.2 Å². The van der Waals surface area contributed by atoms with Crippen LogP contribution in [0.1, 0.15) is 46.0 Å². The maximum Gasteiger partial charge on any atom is 0.0807 e. The van der Waals surface area contributed by atoms with Crippen LogP contribution in [0.25, 0.3) is 0 Å². The second kappa shape index (κ2) is 7.05. The van der Waals surface area contributed by atoms with Gasteiger partial charge in [-0.2, -0.15) is 0 Å². The Bertz CT molecular complexity index is 212. The third-order valence-electron chi connectivity index (χ3n) is 3.51. The molecule has 3 heteroatoms. The Balaban J connectivity index is 2.66. The lowest BCUT2D eigenvalue weighted by Gasteiger charge is -2.35. The number of hydrogen-bond donors (Lipinski definition) is 2. The summed E-state index contributed by atoms with van der Waals surface area (Å²) in [5.74, 6) is 6.25. The monoisotopic (exact) mass is 226 g/mol. The lowest BCUT2D eigenvalue weighted by molar-refractivity contribution is -0.00960. The molecule has 2 atom stereocenters. The number of nitrogens with one attached hydrogen (secondary N) is 1. The Kier molecular flexibility index (Phi) is 6.03. The average molecular weight is 226 g/mol. The van der Waals surface area contributed by atoms with Crippen LogP contribution in [0.3, 0.4) is 0 Å². The van der Waals surface area contributed by atoms with Crippen LogP contribution < -0.4 is 11.3 Å². The van der Waals surface area contributed by atoms with Crippen molar-refractivity contribution in [1.82, 2.24) is 5.43 Å². The molecule has 16 heavy (non-hydrogen) atoms. The van der Waals surface area contributed by atoms with E-state index < -0.39 is 0 Å². The van der Waals surface area contributed by atoms with Gasteiger partial charge in [0.15, 0.2) is 0 Å². The molecule has 0 aromatic rings. The van der Waals surface area contributed by atoms with Gasteiger partial charge in [0.05, 0.1) is 12.1 Å². The topological polar surface area (TPSA) is 47.3 Å². The molecule has 0 aromatic heterocycles. The fraction of sp³-hybridized carbons (Fsp3) is 0.846. The molecule has 3 nitrogen and oxygen atoms in total. The van der Waals surface area contributed by atoms with Crippen LogP contribution >= 0.6 is 0 Å². The van der Waals surface area contributed by atoms with E-state index in [-0.39, 0.29) is 12.1 Å². The molecular weight excluding hydrogens is 200 g/mol. The highest BCUT2D eigenvalue weighted by Crippen LogP contribution is 2.30. The Morgan fingerprint density at radius 2 is 2.06 bits per heavy atom. The van der Waals surface area contributed by atoms with Gasteiger partial charge in [0.1, 0.15) is 0 Å².